The van der Waals surface area contributed by atoms with E-state index in [4.69, 9.17) is 4.74 Å². The van der Waals surface area contributed by atoms with Crippen LogP contribution in [0.3, 0.4) is 0 Å². The molecule has 0 bridgehead atoms. The van der Waals surface area contributed by atoms with Gasteiger partial charge in [-0.25, -0.2) is 4.39 Å². The first-order valence-corrected chi connectivity index (χ1v) is 7.08. The van der Waals surface area contributed by atoms with E-state index in [1.165, 1.54) is 18.9 Å². The van der Waals surface area contributed by atoms with E-state index in [2.05, 4.69) is 21.2 Å². The lowest BCUT2D eigenvalue weighted by molar-refractivity contribution is 0.171. The van der Waals surface area contributed by atoms with Crippen LogP contribution >= 0.6 is 15.9 Å². The zero-order chi connectivity index (χ0) is 13.0. The van der Waals surface area contributed by atoms with E-state index in [1.54, 1.807) is 19.2 Å². The molecule has 0 atom stereocenters. The van der Waals surface area contributed by atoms with E-state index in [9.17, 15) is 4.39 Å². The van der Waals surface area contributed by atoms with Crippen LogP contribution < -0.4 is 5.32 Å². The molecule has 1 N–H and O–H groups in total. The lowest BCUT2D eigenvalue weighted by Crippen LogP contribution is -2.24. The third kappa shape index (κ3) is 3.77. The maximum Gasteiger partial charge on any atom is 0.123 e. The molecule has 0 aromatic heterocycles. The third-order valence-corrected chi connectivity index (χ3v) is 4.39. The van der Waals surface area contributed by atoms with Crippen LogP contribution in [0.1, 0.15) is 24.8 Å². The van der Waals surface area contributed by atoms with Crippen molar-refractivity contribution in [2.45, 2.75) is 25.8 Å². The molecule has 1 fully saturated rings. The molecule has 0 radical (unpaired) electrons. The fourth-order valence-corrected chi connectivity index (χ4v) is 2.54. The second-order valence-electron chi connectivity index (χ2n) is 5.08. The molecule has 1 aliphatic rings. The molecule has 0 heterocycles. The quantitative estimate of drug-likeness (QED) is 0.831. The predicted molar refractivity (Wildman–Crippen MR) is 74.0 cm³/mol. The maximum absolute atomic E-state index is 13.1. The van der Waals surface area contributed by atoms with Gasteiger partial charge in [-0.05, 0) is 48.4 Å². The van der Waals surface area contributed by atoms with Crippen LogP contribution in [0.5, 0.6) is 0 Å². The van der Waals surface area contributed by atoms with Crippen molar-refractivity contribution < 1.29 is 9.13 Å². The van der Waals surface area contributed by atoms with Gasteiger partial charge in [0.05, 0.1) is 0 Å². The lowest BCUT2D eigenvalue weighted by atomic mass is 10.0. The van der Waals surface area contributed by atoms with Crippen LogP contribution in [0.25, 0.3) is 0 Å². The Morgan fingerprint density at radius 2 is 2.22 bits per heavy atom. The molecule has 1 aliphatic carbocycles. The van der Waals surface area contributed by atoms with Gasteiger partial charge in [0, 0.05) is 31.3 Å². The Bertz CT molecular complexity index is 407. The van der Waals surface area contributed by atoms with Crippen molar-refractivity contribution in [1.82, 2.24) is 5.32 Å². The Morgan fingerprint density at radius 1 is 1.44 bits per heavy atom. The number of ether oxygens (including phenoxy) is 1. The Hall–Kier alpha value is -0.450. The largest absolute Gasteiger partial charge is 0.385 e. The van der Waals surface area contributed by atoms with Gasteiger partial charge in [-0.1, -0.05) is 15.9 Å². The van der Waals surface area contributed by atoms with Crippen molar-refractivity contribution in [2.75, 3.05) is 20.3 Å². The van der Waals surface area contributed by atoms with Crippen molar-refractivity contribution in [3.8, 4) is 0 Å². The molecule has 0 aliphatic heterocycles. The number of hydrogen-bond acceptors (Lipinski definition) is 2. The summed E-state index contributed by atoms with van der Waals surface area (Å²) in [5.41, 5.74) is 1.40. The minimum Gasteiger partial charge on any atom is -0.385 e. The SMILES string of the molecule is COCCC1(CNCc2cc(F)ccc2Br)CC1. The molecule has 18 heavy (non-hydrogen) atoms. The summed E-state index contributed by atoms with van der Waals surface area (Å²) in [4.78, 5) is 0. The van der Waals surface area contributed by atoms with Gasteiger partial charge >= 0.3 is 0 Å². The highest BCUT2D eigenvalue weighted by atomic mass is 79.9. The van der Waals surface area contributed by atoms with E-state index in [-0.39, 0.29) is 5.82 Å². The first-order valence-electron chi connectivity index (χ1n) is 6.29. The summed E-state index contributed by atoms with van der Waals surface area (Å²) in [5.74, 6) is -0.185. The molecule has 0 amide bonds. The summed E-state index contributed by atoms with van der Waals surface area (Å²) < 4.78 is 19.2. The minimum atomic E-state index is -0.185. The van der Waals surface area contributed by atoms with Gasteiger partial charge < -0.3 is 10.1 Å². The van der Waals surface area contributed by atoms with Crippen molar-refractivity contribution in [3.63, 3.8) is 0 Å². The second-order valence-corrected chi connectivity index (χ2v) is 5.94. The molecule has 1 saturated carbocycles. The van der Waals surface area contributed by atoms with Gasteiger partial charge in [0.1, 0.15) is 5.82 Å². The predicted octanol–water partition coefficient (Wildman–Crippen LogP) is 3.49. The molecule has 0 spiro atoms. The summed E-state index contributed by atoms with van der Waals surface area (Å²) >= 11 is 3.44. The fourth-order valence-electron chi connectivity index (χ4n) is 2.15. The summed E-state index contributed by atoms with van der Waals surface area (Å²) in [6, 6.07) is 4.80. The number of nitrogens with one attached hydrogen (secondary N) is 1. The van der Waals surface area contributed by atoms with E-state index in [0.29, 0.717) is 12.0 Å². The Labute approximate surface area is 116 Å². The van der Waals surface area contributed by atoms with Crippen molar-refractivity contribution in [1.29, 1.82) is 0 Å². The maximum atomic E-state index is 13.1. The summed E-state index contributed by atoms with van der Waals surface area (Å²) in [5, 5.41) is 3.43. The third-order valence-electron chi connectivity index (χ3n) is 3.62. The van der Waals surface area contributed by atoms with E-state index >= 15 is 0 Å². The fraction of sp³-hybridized carbons (Fsp3) is 0.571. The zero-order valence-corrected chi connectivity index (χ0v) is 12.2. The standard InChI is InChI=1S/C14H19BrFNO/c1-18-7-6-14(4-5-14)10-17-9-11-8-12(16)2-3-13(11)15/h2-3,8,17H,4-7,9-10H2,1H3. The first kappa shape index (κ1) is 14.0. The van der Waals surface area contributed by atoms with Gasteiger partial charge in [0.15, 0.2) is 0 Å². The van der Waals surface area contributed by atoms with E-state index < -0.39 is 0 Å². The van der Waals surface area contributed by atoms with Gasteiger partial charge in [-0.2, -0.15) is 0 Å². The van der Waals surface area contributed by atoms with Gasteiger partial charge in [-0.15, -0.1) is 0 Å². The van der Waals surface area contributed by atoms with Crippen LogP contribution in [0, 0.1) is 11.2 Å². The number of rotatable bonds is 7. The molecule has 1 aromatic rings. The lowest BCUT2D eigenvalue weighted by Gasteiger charge is -2.16. The zero-order valence-electron chi connectivity index (χ0n) is 10.6. The highest BCUT2D eigenvalue weighted by Crippen LogP contribution is 2.48. The monoisotopic (exact) mass is 315 g/mol. The number of halogens is 2. The molecular weight excluding hydrogens is 297 g/mol. The normalized spacial score (nSPS) is 16.8. The smallest absolute Gasteiger partial charge is 0.123 e. The molecule has 4 heteroatoms. The Kier molecular flexibility index (Phi) is 4.76. The summed E-state index contributed by atoms with van der Waals surface area (Å²) in [6.07, 6.45) is 3.65. The van der Waals surface area contributed by atoms with Crippen LogP contribution in [0.15, 0.2) is 22.7 Å². The van der Waals surface area contributed by atoms with Crippen LogP contribution in [-0.2, 0) is 11.3 Å². The summed E-state index contributed by atoms with van der Waals surface area (Å²) in [7, 11) is 1.74. The number of benzene rings is 1. The number of methoxy groups -OCH3 is 1. The van der Waals surface area contributed by atoms with Crippen molar-refractivity contribution in [2.24, 2.45) is 5.41 Å². The number of hydrogen-bond donors (Lipinski definition) is 1. The first-order chi connectivity index (χ1) is 8.65. The van der Waals surface area contributed by atoms with Gasteiger partial charge in [0.2, 0.25) is 0 Å². The molecule has 1 aromatic carbocycles. The highest BCUT2D eigenvalue weighted by molar-refractivity contribution is 9.10. The summed E-state index contributed by atoms with van der Waals surface area (Å²) in [6.45, 7) is 2.51. The Balaban J connectivity index is 1.80. The minimum absolute atomic E-state index is 0.185. The van der Waals surface area contributed by atoms with E-state index in [1.807, 2.05) is 0 Å². The second kappa shape index (κ2) is 6.13. The molecule has 2 rings (SSSR count). The topological polar surface area (TPSA) is 21.3 Å². The average Bonchev–Trinajstić information content (AvgIpc) is 3.12. The molecular formula is C14H19BrFNO. The molecule has 0 unspecified atom stereocenters. The van der Waals surface area contributed by atoms with Crippen LogP contribution in [0.2, 0.25) is 0 Å². The van der Waals surface area contributed by atoms with Crippen LogP contribution in [0.4, 0.5) is 4.39 Å². The van der Waals surface area contributed by atoms with Crippen molar-refractivity contribution >= 4 is 15.9 Å². The Morgan fingerprint density at radius 3 is 2.89 bits per heavy atom. The van der Waals surface area contributed by atoms with Gasteiger partial charge in [0.25, 0.3) is 0 Å². The molecule has 100 valence electrons. The molecule has 0 saturated heterocycles. The van der Waals surface area contributed by atoms with Gasteiger partial charge in [-0.3, -0.25) is 0 Å². The highest BCUT2D eigenvalue weighted by Gasteiger charge is 2.41. The van der Waals surface area contributed by atoms with Crippen LogP contribution in [-0.4, -0.2) is 20.3 Å². The molecule has 2 nitrogen and oxygen atoms in total. The van der Waals surface area contributed by atoms with E-state index in [0.717, 1.165) is 29.6 Å². The average molecular weight is 316 g/mol. The van der Waals surface area contributed by atoms with Crippen molar-refractivity contribution in [3.05, 3.63) is 34.1 Å².